The standard InChI is InChI=1S/C41H51ClN6O7S/c1-43-33-9-11-35(12-10-33)48(41(50)40-39(42)36-7-2-3-8-37(36)56-40)27-30-5-4-6-31(25-30)32-13-14-44-38(26-32)55-24-23-53-22-21-52-20-19-51-17-15-47-28-34(45-46-47)29-54-18-16-49/h2-8,13-14,25-26,28,33,35,43,49H,9-12,15-24,27,29H2,1H3. The first-order chi connectivity index (χ1) is 27.5. The van der Waals surface area contributed by atoms with E-state index < -0.39 is 0 Å². The Hall–Kier alpha value is -3.99. The number of nitrogens with one attached hydrogen (secondary N) is 1. The zero-order chi connectivity index (χ0) is 39.0. The first-order valence-electron chi connectivity index (χ1n) is 19.2. The molecule has 0 radical (unpaired) electrons. The van der Waals surface area contributed by atoms with Gasteiger partial charge in [0.05, 0.1) is 77.2 Å². The SMILES string of the molecule is CNC1CCC(N(Cc2cccc(-c3ccnc(OCCOCCOCCOCCn4cc(COCCO)nn4)c3)c2)C(=O)c2sc3ccccc3c2Cl)CC1. The monoisotopic (exact) mass is 806 g/mol. The maximum absolute atomic E-state index is 14.3. The molecule has 0 aliphatic heterocycles. The van der Waals surface area contributed by atoms with E-state index in [0.29, 0.717) is 93.5 Å². The van der Waals surface area contributed by atoms with E-state index in [1.165, 1.54) is 11.3 Å². The van der Waals surface area contributed by atoms with E-state index in [-0.39, 0.29) is 25.2 Å². The number of benzene rings is 2. The molecule has 0 saturated heterocycles. The minimum Gasteiger partial charge on any atom is -0.475 e. The number of ether oxygens (including phenoxy) is 5. The van der Waals surface area contributed by atoms with Crippen LogP contribution in [-0.4, -0.2) is 114 Å². The summed E-state index contributed by atoms with van der Waals surface area (Å²) in [6.07, 6.45) is 7.47. The molecule has 2 N–H and O–H groups in total. The lowest BCUT2D eigenvalue weighted by atomic mass is 9.89. The van der Waals surface area contributed by atoms with Crippen molar-refractivity contribution in [3.8, 4) is 17.0 Å². The lowest BCUT2D eigenvalue weighted by Crippen LogP contribution is -2.44. The minimum atomic E-state index is -0.0208. The van der Waals surface area contributed by atoms with Crippen molar-refractivity contribution >= 4 is 38.9 Å². The summed E-state index contributed by atoms with van der Waals surface area (Å²) in [5.41, 5.74) is 3.75. The van der Waals surface area contributed by atoms with Gasteiger partial charge in [-0.3, -0.25) is 4.79 Å². The van der Waals surface area contributed by atoms with Crippen molar-refractivity contribution in [2.45, 2.75) is 57.5 Å². The predicted octanol–water partition coefficient (Wildman–Crippen LogP) is 6.02. The van der Waals surface area contributed by atoms with E-state index in [0.717, 1.165) is 52.5 Å². The van der Waals surface area contributed by atoms with Crippen LogP contribution in [0.5, 0.6) is 5.88 Å². The molecule has 15 heteroatoms. The molecule has 1 saturated carbocycles. The molecule has 1 aliphatic carbocycles. The number of hydrogen-bond acceptors (Lipinski definition) is 12. The highest BCUT2D eigenvalue weighted by Crippen LogP contribution is 2.37. The van der Waals surface area contributed by atoms with Crippen LogP contribution >= 0.6 is 22.9 Å². The average molecular weight is 807 g/mol. The van der Waals surface area contributed by atoms with E-state index in [9.17, 15) is 4.79 Å². The fourth-order valence-electron chi connectivity index (χ4n) is 6.70. The Morgan fingerprint density at radius 1 is 0.911 bits per heavy atom. The highest BCUT2D eigenvalue weighted by Gasteiger charge is 2.31. The molecule has 1 aliphatic rings. The number of aromatic nitrogens is 4. The Kier molecular flexibility index (Phi) is 16.4. The third kappa shape index (κ3) is 12.0. The molecule has 6 rings (SSSR count). The summed E-state index contributed by atoms with van der Waals surface area (Å²) >= 11 is 8.30. The molecule has 3 heterocycles. The van der Waals surface area contributed by atoms with Gasteiger partial charge in [0.15, 0.2) is 0 Å². The molecule has 0 atom stereocenters. The molecule has 13 nitrogen and oxygen atoms in total. The number of halogens is 1. The minimum absolute atomic E-state index is 0.00903. The second-order valence-electron chi connectivity index (χ2n) is 13.5. The summed E-state index contributed by atoms with van der Waals surface area (Å²) in [5, 5.41) is 21.7. The smallest absolute Gasteiger partial charge is 0.266 e. The van der Waals surface area contributed by atoms with Crippen LogP contribution in [-0.2, 0) is 38.6 Å². The summed E-state index contributed by atoms with van der Waals surface area (Å²) in [7, 11) is 2.01. The van der Waals surface area contributed by atoms with Crippen molar-refractivity contribution in [1.82, 2.24) is 30.2 Å². The van der Waals surface area contributed by atoms with Crippen LogP contribution in [0.3, 0.4) is 0 Å². The Morgan fingerprint density at radius 2 is 1.66 bits per heavy atom. The van der Waals surface area contributed by atoms with Crippen molar-refractivity contribution in [1.29, 1.82) is 0 Å². The van der Waals surface area contributed by atoms with Crippen LogP contribution in [0.15, 0.2) is 73.1 Å². The Morgan fingerprint density at radius 3 is 2.43 bits per heavy atom. The number of carbonyl (C=O) groups excluding carboxylic acids is 1. The Balaban J connectivity index is 0.932. The highest BCUT2D eigenvalue weighted by atomic mass is 35.5. The maximum Gasteiger partial charge on any atom is 0.266 e. The highest BCUT2D eigenvalue weighted by molar-refractivity contribution is 7.21. The van der Waals surface area contributed by atoms with Crippen molar-refractivity contribution in [3.63, 3.8) is 0 Å². The Labute approximate surface area is 336 Å². The second kappa shape index (κ2) is 22.1. The van der Waals surface area contributed by atoms with Crippen LogP contribution in [0.25, 0.3) is 21.2 Å². The number of rotatable bonds is 23. The van der Waals surface area contributed by atoms with Gasteiger partial charge in [-0.1, -0.05) is 53.2 Å². The predicted molar refractivity (Wildman–Crippen MR) is 216 cm³/mol. The molecule has 2 aromatic carbocycles. The Bertz CT molecular complexity index is 1950. The molecule has 300 valence electrons. The molecule has 3 aromatic heterocycles. The van der Waals surface area contributed by atoms with Gasteiger partial charge < -0.3 is 39.0 Å². The van der Waals surface area contributed by atoms with Crippen LogP contribution in [0.4, 0.5) is 0 Å². The van der Waals surface area contributed by atoms with E-state index in [4.69, 9.17) is 40.4 Å². The molecule has 0 unspecified atom stereocenters. The molecule has 56 heavy (non-hydrogen) atoms. The maximum atomic E-state index is 14.3. The molecular weight excluding hydrogens is 756 g/mol. The van der Waals surface area contributed by atoms with E-state index in [1.54, 1.807) is 17.1 Å². The van der Waals surface area contributed by atoms with Crippen molar-refractivity contribution in [2.24, 2.45) is 0 Å². The summed E-state index contributed by atoms with van der Waals surface area (Å²) in [4.78, 5) is 21.3. The number of aliphatic hydroxyl groups is 1. The topological polar surface area (TPSA) is 142 Å². The number of carbonyl (C=O) groups is 1. The fourth-order valence-corrected chi connectivity index (χ4v) is 8.17. The van der Waals surface area contributed by atoms with Gasteiger partial charge in [0.25, 0.3) is 5.91 Å². The lowest BCUT2D eigenvalue weighted by molar-refractivity contribution is 0.00759. The van der Waals surface area contributed by atoms with Gasteiger partial charge >= 0.3 is 0 Å². The zero-order valence-corrected chi connectivity index (χ0v) is 33.4. The van der Waals surface area contributed by atoms with E-state index in [2.05, 4.69) is 38.8 Å². The lowest BCUT2D eigenvalue weighted by Gasteiger charge is -2.37. The molecule has 1 amide bonds. The van der Waals surface area contributed by atoms with Gasteiger partial charge in [-0.05, 0) is 67.6 Å². The number of pyridine rings is 1. The molecule has 1 fully saturated rings. The number of thiophene rings is 1. The first kappa shape index (κ1) is 41.6. The summed E-state index contributed by atoms with van der Waals surface area (Å²) in [6, 6.07) is 20.8. The zero-order valence-electron chi connectivity index (χ0n) is 31.8. The third-order valence-corrected chi connectivity index (χ3v) is 11.3. The summed E-state index contributed by atoms with van der Waals surface area (Å²) in [5.74, 6) is 0.504. The van der Waals surface area contributed by atoms with Crippen LogP contribution in [0.1, 0.15) is 46.6 Å². The fraction of sp³-hybridized carbons (Fsp3) is 0.463. The van der Waals surface area contributed by atoms with Crippen LogP contribution < -0.4 is 10.1 Å². The van der Waals surface area contributed by atoms with Crippen LogP contribution in [0.2, 0.25) is 5.02 Å². The summed E-state index contributed by atoms with van der Waals surface area (Å²) in [6.45, 7) is 4.68. The number of nitrogens with zero attached hydrogens (tertiary/aromatic N) is 5. The van der Waals surface area contributed by atoms with Gasteiger partial charge in [0.2, 0.25) is 5.88 Å². The van der Waals surface area contributed by atoms with Gasteiger partial charge in [0, 0.05) is 41.0 Å². The van der Waals surface area contributed by atoms with Crippen molar-refractivity contribution in [2.75, 3.05) is 66.5 Å². The third-order valence-electron chi connectivity index (χ3n) is 9.64. The van der Waals surface area contributed by atoms with E-state index >= 15 is 0 Å². The molecule has 5 aromatic rings. The quantitative estimate of drug-likeness (QED) is 0.0749. The number of amides is 1. The first-order valence-corrected chi connectivity index (χ1v) is 20.4. The average Bonchev–Trinajstić information content (AvgIpc) is 3.84. The normalized spacial score (nSPS) is 15.7. The van der Waals surface area contributed by atoms with Gasteiger partial charge in [0.1, 0.15) is 17.2 Å². The summed E-state index contributed by atoms with van der Waals surface area (Å²) < 4.78 is 30.8. The van der Waals surface area contributed by atoms with Gasteiger partial charge in [-0.25, -0.2) is 9.67 Å². The molecule has 0 bridgehead atoms. The van der Waals surface area contributed by atoms with Crippen molar-refractivity contribution < 1.29 is 33.6 Å². The molecule has 0 spiro atoms. The van der Waals surface area contributed by atoms with E-state index in [1.807, 2.05) is 54.4 Å². The number of fused-ring (bicyclic) bond motifs is 1. The van der Waals surface area contributed by atoms with Crippen LogP contribution in [0, 0.1) is 0 Å². The number of hydrogen-bond donors (Lipinski definition) is 2. The largest absolute Gasteiger partial charge is 0.475 e. The second-order valence-corrected chi connectivity index (χ2v) is 14.9. The van der Waals surface area contributed by atoms with Crippen molar-refractivity contribution in [3.05, 3.63) is 94.2 Å². The number of aliphatic hydroxyl groups excluding tert-OH is 1. The van der Waals surface area contributed by atoms with Gasteiger partial charge in [-0.15, -0.1) is 16.4 Å². The van der Waals surface area contributed by atoms with Gasteiger partial charge in [-0.2, -0.15) is 0 Å². The molecular formula is C41H51ClN6O7S.